The molecule has 0 fully saturated rings. The van der Waals surface area contributed by atoms with Gasteiger partial charge in [-0.3, -0.25) is 0 Å². The summed E-state index contributed by atoms with van der Waals surface area (Å²) in [5, 5.41) is 0. The average Bonchev–Trinajstić information content (AvgIpc) is 2.77. The Bertz CT molecular complexity index is 653. The zero-order valence-corrected chi connectivity index (χ0v) is 40.5. The number of hydrogen-bond donors (Lipinski definition) is 3. The van der Waals surface area contributed by atoms with Gasteiger partial charge in [0.25, 0.3) is 36.3 Å². The molecule has 0 amide bonds. The monoisotopic (exact) mass is 732 g/mol. The van der Waals surface area contributed by atoms with Crippen LogP contribution in [0.15, 0.2) is 12.7 Å². The minimum atomic E-state index is -3.27. The lowest BCUT2D eigenvalue weighted by Crippen LogP contribution is -2.85. The van der Waals surface area contributed by atoms with E-state index in [1.54, 1.807) is 39.9 Å². The summed E-state index contributed by atoms with van der Waals surface area (Å²) in [4.78, 5) is 30.4. The number of hydrogen-bond acceptors (Lipinski definition) is 10. The summed E-state index contributed by atoms with van der Waals surface area (Å²) < 4.78 is 47.0. The van der Waals surface area contributed by atoms with E-state index in [2.05, 4.69) is 39.3 Å². The molecule has 22 heteroatoms. The molecule has 0 saturated heterocycles. The Morgan fingerprint density at radius 1 is 0.946 bits per heavy atom. The first kappa shape index (κ1) is 43.2. The highest BCUT2D eigenvalue weighted by atomic mass is 30.0. The third kappa shape index (κ3) is 15.5. The van der Waals surface area contributed by atoms with Crippen LogP contribution >= 0.6 is 0 Å². The van der Waals surface area contributed by atoms with Gasteiger partial charge in [0.1, 0.15) is 0 Å². The van der Waals surface area contributed by atoms with E-state index in [1.165, 1.54) is 0 Å². The van der Waals surface area contributed by atoms with Crippen LogP contribution in [0.25, 0.3) is 0 Å². The third-order valence-electron chi connectivity index (χ3n) is 5.70. The number of rotatable bonds is 15. The summed E-state index contributed by atoms with van der Waals surface area (Å²) in [6.07, 6.45) is 1.75. The Hall–Kier alpha value is 1.78. The topological polar surface area (TPSA) is 133 Å². The summed E-state index contributed by atoms with van der Waals surface area (Å²) >= 11 is 0. The molecule has 0 radical (unpaired) electrons. The highest BCUT2D eigenvalue weighted by Gasteiger charge is 2.69. The molecule has 0 saturated carbocycles. The first-order chi connectivity index (χ1) is 16.6. The zero-order chi connectivity index (χ0) is 30.4. The van der Waals surface area contributed by atoms with Gasteiger partial charge >= 0.3 is 7.60 Å². The van der Waals surface area contributed by atoms with Crippen molar-refractivity contribution in [2.45, 2.75) is 72.4 Å². The van der Waals surface area contributed by atoms with Crippen LogP contribution < -0.4 is 0 Å². The van der Waals surface area contributed by atoms with Crippen molar-refractivity contribution in [2.24, 2.45) is 0 Å². The molecule has 0 aromatic heterocycles. The standard InChI is InChI=1S/C6H28O7Si8.C6H22O3Si4.C3H6/c1-11-21(14,16-8)20(12-15-7,18(3,4)10)13-19(5,6)17(2)9;1-7-13(6,10-2)9-11-8-12(3,4)5;1-3-2/h7-8,10H,15-16H2,1-6,14H3;10-11H2,1-6H3;3H,1H2,2H3. The first-order valence-corrected chi connectivity index (χ1v) is 45.1. The van der Waals surface area contributed by atoms with Crippen molar-refractivity contribution >= 4 is 103 Å². The molecule has 0 aromatic rings. The van der Waals surface area contributed by atoms with Gasteiger partial charge in [-0.1, -0.05) is 12.6 Å². The molecule has 3 N–H and O–H groups in total. The fourth-order valence-corrected chi connectivity index (χ4v) is 104. The molecule has 0 rings (SSSR count). The summed E-state index contributed by atoms with van der Waals surface area (Å²) in [5.41, 5.74) is 0. The van der Waals surface area contributed by atoms with E-state index in [0.717, 1.165) is 0 Å². The lowest BCUT2D eigenvalue weighted by atomic mass is 10.8. The summed E-state index contributed by atoms with van der Waals surface area (Å²) in [7, 11) is -14.2. The van der Waals surface area contributed by atoms with E-state index in [-0.39, 0.29) is 9.04 Å². The molecule has 0 spiro atoms. The van der Waals surface area contributed by atoms with Gasteiger partial charge in [0, 0.05) is 24.0 Å². The van der Waals surface area contributed by atoms with Crippen LogP contribution in [-0.2, 0) is 29.8 Å². The van der Waals surface area contributed by atoms with Crippen LogP contribution in [0.1, 0.15) is 6.92 Å². The molecule has 0 heterocycles. The predicted molar refractivity (Wildman–Crippen MR) is 185 cm³/mol. The molecule has 0 aliphatic heterocycles. The molecule has 10 nitrogen and oxygen atoms in total. The van der Waals surface area contributed by atoms with Crippen LogP contribution in [0.2, 0.25) is 65.5 Å². The van der Waals surface area contributed by atoms with E-state index >= 15 is 0 Å². The zero-order valence-electron chi connectivity index (χ0n) is 25.8. The van der Waals surface area contributed by atoms with E-state index in [9.17, 15) is 18.8 Å². The molecule has 0 aromatic carbocycles. The summed E-state index contributed by atoms with van der Waals surface area (Å²) in [6.45, 7) is 22.4. The third-order valence-corrected chi connectivity index (χ3v) is 89.1. The van der Waals surface area contributed by atoms with Crippen molar-refractivity contribution in [1.29, 1.82) is 0 Å². The van der Waals surface area contributed by atoms with Crippen molar-refractivity contribution in [3.05, 3.63) is 12.7 Å². The highest BCUT2D eigenvalue weighted by Crippen LogP contribution is 2.30. The molecule has 37 heavy (non-hydrogen) atoms. The maximum Gasteiger partial charge on any atom is 0.336 e. The van der Waals surface area contributed by atoms with Gasteiger partial charge in [-0.2, -0.15) is 0 Å². The second-order valence-electron chi connectivity index (χ2n) is 10.8. The molecule has 0 aliphatic rings. The first-order valence-electron chi connectivity index (χ1n) is 12.3. The summed E-state index contributed by atoms with van der Waals surface area (Å²) in [6, 6.07) is 0. The van der Waals surface area contributed by atoms with Crippen molar-refractivity contribution < 1.29 is 44.2 Å². The van der Waals surface area contributed by atoms with Crippen LogP contribution in [0.3, 0.4) is 0 Å². The second kappa shape index (κ2) is 19.1. The van der Waals surface area contributed by atoms with Crippen molar-refractivity contribution in [2.75, 3.05) is 14.2 Å². The van der Waals surface area contributed by atoms with E-state index in [4.69, 9.17) is 25.3 Å². The highest BCUT2D eigenvalue weighted by molar-refractivity contribution is 7.83. The van der Waals surface area contributed by atoms with Crippen LogP contribution in [0.5, 0.6) is 0 Å². The van der Waals surface area contributed by atoms with E-state index < -0.39 is 84.0 Å². The Balaban J connectivity index is -0.000000615. The van der Waals surface area contributed by atoms with Gasteiger partial charge in [0.2, 0.25) is 22.5 Å². The van der Waals surface area contributed by atoms with Gasteiger partial charge in [-0.25, -0.2) is 0 Å². The lowest BCUT2D eigenvalue weighted by Gasteiger charge is -2.49. The molecular weight excluding hydrogens is 677 g/mol. The molecular formula is C15H56O10Si12. The van der Waals surface area contributed by atoms with Gasteiger partial charge < -0.3 is 44.2 Å². The van der Waals surface area contributed by atoms with Crippen LogP contribution in [0.4, 0.5) is 0 Å². The van der Waals surface area contributed by atoms with Crippen molar-refractivity contribution in [3.63, 3.8) is 0 Å². The fourth-order valence-electron chi connectivity index (χ4n) is 2.70. The van der Waals surface area contributed by atoms with Gasteiger partial charge in [0.05, 0.1) is 9.04 Å². The average molecular weight is 734 g/mol. The maximum absolute atomic E-state index is 12.1. The second-order valence-corrected chi connectivity index (χ2v) is 78.1. The molecule has 3 unspecified atom stereocenters. The SMILES string of the molecule is C=CC.CO[Si](C)(O[SiH2]O[Si](C)(C)C)[SiH2]C.CO[Si]([SiH3])([SiH2]O)[Si](O[SiH2]O)(O[Si](C)(C)[Si](C)=O)[Si](C)(C)O. The smallest absolute Gasteiger partial charge is 0.336 e. The Morgan fingerprint density at radius 2 is 1.41 bits per heavy atom. The van der Waals surface area contributed by atoms with Crippen molar-refractivity contribution in [3.8, 4) is 0 Å². The Labute approximate surface area is 245 Å². The fraction of sp³-hybridized carbons (Fsp3) is 0.867. The van der Waals surface area contributed by atoms with Gasteiger partial charge in [-0.05, 0) is 65.8 Å². The van der Waals surface area contributed by atoms with Gasteiger partial charge in [0.15, 0.2) is 17.6 Å². The molecule has 0 bridgehead atoms. The van der Waals surface area contributed by atoms with Gasteiger partial charge in [-0.15, -0.1) is 6.58 Å². The predicted octanol–water partition coefficient (Wildman–Crippen LogP) is -2.35. The molecule has 224 valence electrons. The molecule has 3 atom stereocenters. The van der Waals surface area contributed by atoms with Crippen LogP contribution in [-0.4, -0.2) is 131 Å². The van der Waals surface area contributed by atoms with E-state index in [1.807, 2.05) is 20.0 Å². The normalized spacial score (nSPS) is 18.5. The summed E-state index contributed by atoms with van der Waals surface area (Å²) in [5.74, 6) is 0. The van der Waals surface area contributed by atoms with Crippen LogP contribution in [0, 0.1) is 0 Å². The van der Waals surface area contributed by atoms with Crippen molar-refractivity contribution in [1.82, 2.24) is 0 Å². The Morgan fingerprint density at radius 3 is 1.65 bits per heavy atom. The quantitative estimate of drug-likeness (QED) is 0.124. The van der Waals surface area contributed by atoms with E-state index in [0.29, 0.717) is 9.76 Å². The lowest BCUT2D eigenvalue weighted by molar-refractivity contribution is 0.316. The maximum atomic E-state index is 12.1. The molecule has 0 aliphatic carbocycles. The number of allylic oxidation sites excluding steroid dienone is 1. The largest absolute Gasteiger partial charge is 0.441 e. The Kier molecular flexibility index (Phi) is 22.3. The minimum Gasteiger partial charge on any atom is -0.441 e. The minimum absolute atomic E-state index is 0.168.